The van der Waals surface area contributed by atoms with E-state index in [0.717, 1.165) is 22.5 Å². The van der Waals surface area contributed by atoms with Crippen LogP contribution in [0.5, 0.6) is 0 Å². The summed E-state index contributed by atoms with van der Waals surface area (Å²) in [5.41, 5.74) is 16.7. The van der Waals surface area contributed by atoms with Gasteiger partial charge in [-0.2, -0.15) is 5.10 Å². The van der Waals surface area contributed by atoms with Gasteiger partial charge in [0.1, 0.15) is 5.82 Å². The number of nitrogens with two attached hydrogens (primary N) is 2. The van der Waals surface area contributed by atoms with E-state index in [2.05, 4.69) is 4.98 Å². The number of halogens is 2. The van der Waals surface area contributed by atoms with Crippen LogP contribution in [0.3, 0.4) is 0 Å². The Kier molecular flexibility index (Phi) is 4.28. The molecule has 4 aromatic rings. The number of nitrogens with zero attached hydrogens (tertiary/aromatic N) is 3. The summed E-state index contributed by atoms with van der Waals surface area (Å²) in [6.07, 6.45) is 0. The van der Waals surface area contributed by atoms with Crippen LogP contribution in [0.15, 0.2) is 54.6 Å². The van der Waals surface area contributed by atoms with E-state index in [4.69, 9.17) is 39.8 Å². The second-order valence-electron chi connectivity index (χ2n) is 5.82. The number of fused-ring (bicyclic) bond motifs is 1. The summed E-state index contributed by atoms with van der Waals surface area (Å²) in [4.78, 5) is 4.46. The van der Waals surface area contributed by atoms with Gasteiger partial charge in [-0.1, -0.05) is 53.5 Å². The molecule has 0 radical (unpaired) electrons. The van der Waals surface area contributed by atoms with Crippen LogP contribution in [0, 0.1) is 0 Å². The molecule has 0 spiro atoms. The Morgan fingerprint density at radius 2 is 1.77 bits per heavy atom. The van der Waals surface area contributed by atoms with Gasteiger partial charge in [-0.25, -0.2) is 9.50 Å². The van der Waals surface area contributed by atoms with E-state index in [0.29, 0.717) is 27.1 Å². The van der Waals surface area contributed by atoms with Crippen LogP contribution in [-0.4, -0.2) is 14.6 Å². The fourth-order valence-corrected chi connectivity index (χ4v) is 3.46. The second kappa shape index (κ2) is 6.61. The van der Waals surface area contributed by atoms with E-state index < -0.39 is 0 Å². The van der Waals surface area contributed by atoms with E-state index in [9.17, 15) is 0 Å². The van der Waals surface area contributed by atoms with Crippen molar-refractivity contribution in [3.8, 4) is 22.5 Å². The third-order valence-corrected chi connectivity index (χ3v) is 4.74. The SMILES string of the molecule is NCc1c(N)nc2cc(-c3ccccc3)nn2c1-c1ccc(Cl)cc1Cl. The van der Waals surface area contributed by atoms with Crippen molar-refractivity contribution in [2.45, 2.75) is 6.54 Å². The molecule has 0 atom stereocenters. The van der Waals surface area contributed by atoms with Gasteiger partial charge < -0.3 is 11.5 Å². The van der Waals surface area contributed by atoms with E-state index in [1.807, 2.05) is 42.5 Å². The molecular formula is C19H15Cl2N5. The molecule has 0 aliphatic carbocycles. The van der Waals surface area contributed by atoms with Crippen LogP contribution in [0.25, 0.3) is 28.2 Å². The van der Waals surface area contributed by atoms with Crippen LogP contribution >= 0.6 is 23.2 Å². The van der Waals surface area contributed by atoms with Gasteiger partial charge in [0.25, 0.3) is 0 Å². The van der Waals surface area contributed by atoms with Gasteiger partial charge in [-0.15, -0.1) is 0 Å². The van der Waals surface area contributed by atoms with Crippen LogP contribution in [0.4, 0.5) is 5.82 Å². The normalized spacial score (nSPS) is 11.2. The first-order valence-electron chi connectivity index (χ1n) is 7.97. The summed E-state index contributed by atoms with van der Waals surface area (Å²) in [6, 6.07) is 17.0. The van der Waals surface area contributed by atoms with Crippen molar-refractivity contribution in [2.24, 2.45) is 5.73 Å². The molecule has 0 saturated carbocycles. The molecule has 0 amide bonds. The fraction of sp³-hybridized carbons (Fsp3) is 0.0526. The number of anilines is 1. The molecule has 130 valence electrons. The number of rotatable bonds is 3. The van der Waals surface area contributed by atoms with E-state index >= 15 is 0 Å². The van der Waals surface area contributed by atoms with Crippen molar-refractivity contribution >= 4 is 34.7 Å². The summed E-state index contributed by atoms with van der Waals surface area (Å²) >= 11 is 12.5. The zero-order valence-corrected chi connectivity index (χ0v) is 15.2. The first-order chi connectivity index (χ1) is 12.6. The van der Waals surface area contributed by atoms with Crippen molar-refractivity contribution in [2.75, 3.05) is 5.73 Å². The molecule has 0 saturated heterocycles. The van der Waals surface area contributed by atoms with Crippen LogP contribution in [-0.2, 0) is 6.54 Å². The first kappa shape index (κ1) is 16.8. The van der Waals surface area contributed by atoms with Gasteiger partial charge >= 0.3 is 0 Å². The molecule has 26 heavy (non-hydrogen) atoms. The molecule has 0 aliphatic rings. The van der Waals surface area contributed by atoms with Crippen molar-refractivity contribution in [1.82, 2.24) is 14.6 Å². The topological polar surface area (TPSA) is 82.2 Å². The number of hydrogen-bond donors (Lipinski definition) is 2. The zero-order chi connectivity index (χ0) is 18.3. The van der Waals surface area contributed by atoms with Gasteiger partial charge in [0, 0.05) is 34.3 Å². The van der Waals surface area contributed by atoms with E-state index in [1.54, 1.807) is 16.6 Å². The Morgan fingerprint density at radius 3 is 2.46 bits per heavy atom. The Labute approximate surface area is 160 Å². The number of aromatic nitrogens is 3. The number of hydrogen-bond acceptors (Lipinski definition) is 4. The summed E-state index contributed by atoms with van der Waals surface area (Å²) in [7, 11) is 0. The first-order valence-corrected chi connectivity index (χ1v) is 8.73. The Hall–Kier alpha value is -2.60. The minimum atomic E-state index is 0.212. The molecule has 2 aromatic carbocycles. The van der Waals surface area contributed by atoms with Gasteiger partial charge in [-0.05, 0) is 18.2 Å². The molecule has 0 aliphatic heterocycles. The van der Waals surface area contributed by atoms with Gasteiger partial charge in [0.2, 0.25) is 0 Å². The third kappa shape index (κ3) is 2.80. The Bertz CT molecular complexity index is 1110. The minimum Gasteiger partial charge on any atom is -0.383 e. The van der Waals surface area contributed by atoms with Gasteiger partial charge in [0.05, 0.1) is 16.4 Å². The average Bonchev–Trinajstić information content (AvgIpc) is 3.05. The highest BCUT2D eigenvalue weighted by Gasteiger charge is 2.19. The maximum atomic E-state index is 6.44. The van der Waals surface area contributed by atoms with Crippen molar-refractivity contribution in [1.29, 1.82) is 0 Å². The highest BCUT2D eigenvalue weighted by molar-refractivity contribution is 6.36. The molecule has 4 rings (SSSR count). The smallest absolute Gasteiger partial charge is 0.158 e. The predicted molar refractivity (Wildman–Crippen MR) is 106 cm³/mol. The van der Waals surface area contributed by atoms with Crippen LogP contribution in [0.2, 0.25) is 10.0 Å². The standard InChI is InChI=1S/C19H15Cl2N5/c20-12-6-7-13(15(21)8-12)18-14(10-22)19(23)24-17-9-16(25-26(17)18)11-4-2-1-3-5-11/h1-9H,10,22H2,(H2,23,24). The number of benzene rings is 2. The molecule has 0 unspecified atom stereocenters. The Morgan fingerprint density at radius 1 is 1.00 bits per heavy atom. The lowest BCUT2D eigenvalue weighted by atomic mass is 10.1. The summed E-state index contributed by atoms with van der Waals surface area (Å²) in [5, 5.41) is 5.77. The predicted octanol–water partition coefficient (Wildman–Crippen LogP) is 4.41. The van der Waals surface area contributed by atoms with E-state index in [1.165, 1.54) is 0 Å². The lowest BCUT2D eigenvalue weighted by Gasteiger charge is -2.14. The highest BCUT2D eigenvalue weighted by Crippen LogP contribution is 2.35. The molecule has 7 heteroatoms. The maximum absolute atomic E-state index is 6.44. The molecule has 5 nitrogen and oxygen atoms in total. The van der Waals surface area contributed by atoms with Gasteiger partial charge in [-0.3, -0.25) is 0 Å². The molecule has 2 aromatic heterocycles. The lowest BCUT2D eigenvalue weighted by molar-refractivity contribution is 0.920. The molecule has 0 fully saturated rings. The second-order valence-corrected chi connectivity index (χ2v) is 6.66. The largest absolute Gasteiger partial charge is 0.383 e. The molecule has 0 bridgehead atoms. The summed E-state index contributed by atoms with van der Waals surface area (Å²) in [5.74, 6) is 0.362. The van der Waals surface area contributed by atoms with E-state index in [-0.39, 0.29) is 6.54 Å². The summed E-state index contributed by atoms with van der Waals surface area (Å²) in [6.45, 7) is 0.212. The molecule has 4 N–H and O–H groups in total. The van der Waals surface area contributed by atoms with Gasteiger partial charge in [0.15, 0.2) is 5.65 Å². The maximum Gasteiger partial charge on any atom is 0.158 e. The zero-order valence-electron chi connectivity index (χ0n) is 13.7. The lowest BCUT2D eigenvalue weighted by Crippen LogP contribution is -2.11. The fourth-order valence-electron chi connectivity index (χ4n) is 2.96. The number of nitrogen functional groups attached to an aromatic ring is 1. The van der Waals surface area contributed by atoms with Crippen molar-refractivity contribution in [3.63, 3.8) is 0 Å². The minimum absolute atomic E-state index is 0.212. The van der Waals surface area contributed by atoms with Crippen LogP contribution < -0.4 is 11.5 Å². The third-order valence-electron chi connectivity index (χ3n) is 4.19. The average molecular weight is 384 g/mol. The van der Waals surface area contributed by atoms with Crippen molar-refractivity contribution < 1.29 is 0 Å². The molecule has 2 heterocycles. The van der Waals surface area contributed by atoms with Crippen LogP contribution in [0.1, 0.15) is 5.56 Å². The van der Waals surface area contributed by atoms with Crippen molar-refractivity contribution in [3.05, 3.63) is 70.2 Å². The summed E-state index contributed by atoms with van der Waals surface area (Å²) < 4.78 is 1.73. The Balaban J connectivity index is 2.04. The highest BCUT2D eigenvalue weighted by atomic mass is 35.5. The quantitative estimate of drug-likeness (QED) is 0.548. The molecular weight excluding hydrogens is 369 g/mol. The monoisotopic (exact) mass is 383 g/mol.